The number of likely N-dealkylation sites (tertiary alicyclic amines) is 1. The Morgan fingerprint density at radius 3 is 3.00 bits per heavy atom. The largest absolute Gasteiger partial charge is 0.491 e. The molecule has 4 nitrogen and oxygen atoms in total. The number of hydrogen-bond acceptors (Lipinski definition) is 3. The van der Waals surface area contributed by atoms with E-state index in [-0.39, 0.29) is 5.92 Å². The third-order valence-electron chi connectivity index (χ3n) is 3.59. The number of aliphatic carboxylic acids is 1. The molecule has 110 valence electrons. The van der Waals surface area contributed by atoms with Gasteiger partial charge in [-0.05, 0) is 53.0 Å². The Bertz CT molecular complexity index is 497. The first kappa shape index (κ1) is 15.6. The van der Waals surface area contributed by atoms with Crippen LogP contribution in [-0.4, -0.2) is 41.7 Å². The molecule has 0 bridgehead atoms. The summed E-state index contributed by atoms with van der Waals surface area (Å²) in [6.07, 6.45) is 0.918. The fourth-order valence-electron chi connectivity index (χ4n) is 2.54. The van der Waals surface area contributed by atoms with Crippen molar-refractivity contribution in [2.24, 2.45) is 5.92 Å². The number of carbonyl (C=O) groups is 1. The van der Waals surface area contributed by atoms with Crippen LogP contribution in [0.15, 0.2) is 22.7 Å². The van der Waals surface area contributed by atoms with Gasteiger partial charge in [-0.3, -0.25) is 9.69 Å². The van der Waals surface area contributed by atoms with E-state index in [2.05, 4.69) is 15.9 Å². The van der Waals surface area contributed by atoms with E-state index in [1.165, 1.54) is 0 Å². The number of benzene rings is 1. The van der Waals surface area contributed by atoms with Crippen LogP contribution in [-0.2, 0) is 4.79 Å². The molecule has 1 N–H and O–H groups in total. The minimum Gasteiger partial charge on any atom is -0.491 e. The molecule has 0 spiro atoms. The van der Waals surface area contributed by atoms with Crippen molar-refractivity contribution in [3.63, 3.8) is 0 Å². The smallest absolute Gasteiger partial charge is 0.321 e. The summed E-state index contributed by atoms with van der Waals surface area (Å²) in [6, 6.07) is 4.94. The normalized spacial score (nSPS) is 22.9. The SMILES string of the molecule is CC1CCN(CCOc2ccc(Cl)cc2Br)C1C(=O)O. The number of hydrogen-bond donors (Lipinski definition) is 1. The molecular weight excluding hydrogens is 346 g/mol. The zero-order chi connectivity index (χ0) is 14.7. The van der Waals surface area contributed by atoms with Crippen LogP contribution in [0.1, 0.15) is 13.3 Å². The van der Waals surface area contributed by atoms with E-state index < -0.39 is 12.0 Å². The van der Waals surface area contributed by atoms with Gasteiger partial charge in [0.1, 0.15) is 18.4 Å². The first-order valence-electron chi connectivity index (χ1n) is 6.53. The predicted octanol–water partition coefficient (Wildman–Crippen LogP) is 3.28. The van der Waals surface area contributed by atoms with Crippen molar-refractivity contribution in [3.05, 3.63) is 27.7 Å². The summed E-state index contributed by atoms with van der Waals surface area (Å²) in [6.45, 7) is 3.85. The molecule has 2 unspecified atom stereocenters. The number of halogens is 2. The van der Waals surface area contributed by atoms with Crippen LogP contribution in [0.5, 0.6) is 5.75 Å². The van der Waals surface area contributed by atoms with E-state index in [4.69, 9.17) is 16.3 Å². The first-order chi connectivity index (χ1) is 9.49. The van der Waals surface area contributed by atoms with Crippen molar-refractivity contribution in [1.29, 1.82) is 0 Å². The Hall–Kier alpha value is -0.780. The highest BCUT2D eigenvalue weighted by Crippen LogP contribution is 2.28. The second kappa shape index (κ2) is 6.78. The zero-order valence-corrected chi connectivity index (χ0v) is 13.5. The average molecular weight is 363 g/mol. The third-order valence-corrected chi connectivity index (χ3v) is 4.44. The summed E-state index contributed by atoms with van der Waals surface area (Å²) in [5.74, 6) is 0.158. The van der Waals surface area contributed by atoms with Crippen molar-refractivity contribution in [2.45, 2.75) is 19.4 Å². The van der Waals surface area contributed by atoms with E-state index in [1.807, 2.05) is 11.8 Å². The van der Waals surface area contributed by atoms with E-state index in [1.54, 1.807) is 18.2 Å². The van der Waals surface area contributed by atoms with Gasteiger partial charge in [0.05, 0.1) is 4.47 Å². The van der Waals surface area contributed by atoms with Gasteiger partial charge in [-0.25, -0.2) is 0 Å². The van der Waals surface area contributed by atoms with Crippen LogP contribution < -0.4 is 4.74 Å². The average Bonchev–Trinajstić information content (AvgIpc) is 2.73. The Kier molecular flexibility index (Phi) is 5.29. The Labute approximate surface area is 131 Å². The molecular formula is C14H17BrClNO3. The summed E-state index contributed by atoms with van der Waals surface area (Å²) in [7, 11) is 0. The lowest BCUT2D eigenvalue weighted by atomic mass is 10.0. The fourth-order valence-corrected chi connectivity index (χ4v) is 3.34. The number of carboxylic acid groups (broad SMARTS) is 1. The molecule has 0 radical (unpaired) electrons. The summed E-state index contributed by atoms with van der Waals surface area (Å²) in [5.41, 5.74) is 0. The second-order valence-electron chi connectivity index (χ2n) is 5.01. The lowest BCUT2D eigenvalue weighted by Crippen LogP contribution is -2.41. The van der Waals surface area contributed by atoms with E-state index in [0.717, 1.165) is 17.4 Å². The number of rotatable bonds is 5. The summed E-state index contributed by atoms with van der Waals surface area (Å²) in [5, 5.41) is 9.88. The lowest BCUT2D eigenvalue weighted by Gasteiger charge is -2.23. The van der Waals surface area contributed by atoms with Crippen molar-refractivity contribution < 1.29 is 14.6 Å². The summed E-state index contributed by atoms with van der Waals surface area (Å²) in [4.78, 5) is 13.2. The number of nitrogens with zero attached hydrogens (tertiary/aromatic N) is 1. The molecule has 0 aromatic heterocycles. The molecule has 0 aliphatic carbocycles. The highest BCUT2D eigenvalue weighted by molar-refractivity contribution is 9.10. The molecule has 2 rings (SSSR count). The van der Waals surface area contributed by atoms with E-state index >= 15 is 0 Å². The lowest BCUT2D eigenvalue weighted by molar-refractivity contribution is -0.143. The molecule has 1 fully saturated rings. The van der Waals surface area contributed by atoms with E-state index in [0.29, 0.717) is 23.9 Å². The first-order valence-corrected chi connectivity index (χ1v) is 7.71. The van der Waals surface area contributed by atoms with Gasteiger partial charge in [-0.1, -0.05) is 18.5 Å². The second-order valence-corrected chi connectivity index (χ2v) is 6.30. The van der Waals surface area contributed by atoms with Crippen molar-refractivity contribution >= 4 is 33.5 Å². The minimum absolute atomic E-state index is 0.190. The zero-order valence-electron chi connectivity index (χ0n) is 11.2. The van der Waals surface area contributed by atoms with Gasteiger partial charge in [0.2, 0.25) is 0 Å². The van der Waals surface area contributed by atoms with Crippen LogP contribution in [0.25, 0.3) is 0 Å². The number of ether oxygens (including phenoxy) is 1. The van der Waals surface area contributed by atoms with Crippen LogP contribution in [0.4, 0.5) is 0 Å². The topological polar surface area (TPSA) is 49.8 Å². The van der Waals surface area contributed by atoms with Gasteiger partial charge in [0, 0.05) is 11.6 Å². The minimum atomic E-state index is -0.748. The van der Waals surface area contributed by atoms with Crippen LogP contribution in [0.3, 0.4) is 0 Å². The van der Waals surface area contributed by atoms with Crippen LogP contribution >= 0.6 is 27.5 Å². The molecule has 2 atom stereocenters. The van der Waals surface area contributed by atoms with Gasteiger partial charge >= 0.3 is 5.97 Å². The third kappa shape index (κ3) is 3.65. The maximum absolute atomic E-state index is 11.2. The molecule has 1 aromatic carbocycles. The molecule has 1 saturated heterocycles. The van der Waals surface area contributed by atoms with Crippen LogP contribution in [0.2, 0.25) is 5.02 Å². The van der Waals surface area contributed by atoms with Crippen molar-refractivity contribution in [2.75, 3.05) is 19.7 Å². The molecule has 6 heteroatoms. The molecule has 1 aromatic rings. The highest BCUT2D eigenvalue weighted by atomic mass is 79.9. The molecule has 1 aliphatic rings. The Balaban J connectivity index is 1.88. The van der Waals surface area contributed by atoms with Gasteiger partial charge < -0.3 is 9.84 Å². The molecule has 1 heterocycles. The van der Waals surface area contributed by atoms with Gasteiger partial charge in [0.15, 0.2) is 0 Å². The molecule has 0 saturated carbocycles. The molecule has 1 aliphatic heterocycles. The highest BCUT2D eigenvalue weighted by Gasteiger charge is 2.36. The van der Waals surface area contributed by atoms with Gasteiger partial charge in [-0.15, -0.1) is 0 Å². The summed E-state index contributed by atoms with van der Waals surface area (Å²) >= 11 is 9.25. The van der Waals surface area contributed by atoms with Gasteiger partial charge in [0.25, 0.3) is 0 Å². The Morgan fingerprint density at radius 1 is 1.60 bits per heavy atom. The number of carboxylic acids is 1. The monoisotopic (exact) mass is 361 g/mol. The standard InChI is InChI=1S/C14H17BrClNO3/c1-9-4-5-17(13(9)14(18)19)6-7-20-12-3-2-10(16)8-11(12)15/h2-3,8-9,13H,4-7H2,1H3,(H,18,19). The van der Waals surface area contributed by atoms with Crippen molar-refractivity contribution in [1.82, 2.24) is 4.90 Å². The maximum Gasteiger partial charge on any atom is 0.321 e. The van der Waals surface area contributed by atoms with E-state index in [9.17, 15) is 9.90 Å². The fraction of sp³-hybridized carbons (Fsp3) is 0.500. The molecule has 0 amide bonds. The predicted molar refractivity (Wildman–Crippen MR) is 81.4 cm³/mol. The van der Waals surface area contributed by atoms with Crippen molar-refractivity contribution in [3.8, 4) is 5.75 Å². The molecule has 20 heavy (non-hydrogen) atoms. The Morgan fingerprint density at radius 2 is 2.35 bits per heavy atom. The van der Waals surface area contributed by atoms with Crippen LogP contribution in [0, 0.1) is 5.92 Å². The quantitative estimate of drug-likeness (QED) is 0.873. The summed E-state index contributed by atoms with van der Waals surface area (Å²) < 4.78 is 6.48. The van der Waals surface area contributed by atoms with Gasteiger partial charge in [-0.2, -0.15) is 0 Å². The maximum atomic E-state index is 11.2.